The number of nitrogens with one attached hydrogen (secondary N) is 1. The van der Waals surface area contributed by atoms with Gasteiger partial charge in [0.2, 0.25) is 5.78 Å². The molecule has 1 aliphatic heterocycles. The van der Waals surface area contributed by atoms with Crippen LogP contribution in [-0.2, 0) is 0 Å². The van der Waals surface area contributed by atoms with Crippen molar-refractivity contribution in [2.75, 3.05) is 6.26 Å². The monoisotopic (exact) mass is 387 g/mol. The summed E-state index contributed by atoms with van der Waals surface area (Å²) in [4.78, 5) is 16.9. The molecule has 0 saturated heterocycles. The summed E-state index contributed by atoms with van der Waals surface area (Å²) >= 11 is 2.33. The molecule has 4 nitrogen and oxygen atoms in total. The van der Waals surface area contributed by atoms with Crippen LogP contribution in [0.4, 0.5) is 8.78 Å². The molecule has 1 N–H and O–H groups in total. The molecule has 0 aliphatic carbocycles. The summed E-state index contributed by atoms with van der Waals surface area (Å²) in [5.74, 6) is -1.96. The van der Waals surface area contributed by atoms with Gasteiger partial charge in [0.05, 0.1) is 21.9 Å². The fraction of sp³-hybridized carbons (Fsp3) is 0.0556. The zero-order chi connectivity index (χ0) is 18.7. The Kier molecular flexibility index (Phi) is 5.40. The maximum atomic E-state index is 13.9. The highest BCUT2D eigenvalue weighted by Gasteiger charge is 2.26. The van der Waals surface area contributed by atoms with E-state index in [-0.39, 0.29) is 21.9 Å². The fourth-order valence-electron chi connectivity index (χ4n) is 2.36. The van der Waals surface area contributed by atoms with Crippen LogP contribution >= 0.6 is 23.5 Å². The summed E-state index contributed by atoms with van der Waals surface area (Å²) in [6.07, 6.45) is 3.34. The predicted octanol–water partition coefficient (Wildman–Crippen LogP) is 4.33. The molecule has 130 valence electrons. The van der Waals surface area contributed by atoms with Gasteiger partial charge in [-0.3, -0.25) is 4.79 Å². The number of rotatable bonds is 4. The van der Waals surface area contributed by atoms with Crippen LogP contribution in [0.3, 0.4) is 0 Å². The highest BCUT2D eigenvalue weighted by Crippen LogP contribution is 2.35. The molecule has 1 aliphatic rings. The first-order chi connectivity index (χ1) is 12.6. The molecule has 0 unspecified atom stereocenters. The van der Waals surface area contributed by atoms with Crippen LogP contribution in [0, 0.1) is 23.0 Å². The maximum absolute atomic E-state index is 13.9. The van der Waals surface area contributed by atoms with E-state index < -0.39 is 17.4 Å². The average molecular weight is 387 g/mol. The van der Waals surface area contributed by atoms with E-state index in [2.05, 4.69) is 10.3 Å². The Bertz CT molecular complexity index is 976. The lowest BCUT2D eigenvalue weighted by molar-refractivity contribution is 0.103. The lowest BCUT2D eigenvalue weighted by Gasteiger charge is -2.09. The van der Waals surface area contributed by atoms with Crippen LogP contribution in [0.5, 0.6) is 0 Å². The number of pyridine rings is 1. The van der Waals surface area contributed by atoms with E-state index in [1.165, 1.54) is 23.2 Å². The number of hydrogen-bond acceptors (Lipinski definition) is 6. The first-order valence-electron chi connectivity index (χ1n) is 7.33. The van der Waals surface area contributed by atoms with Gasteiger partial charge in [-0.1, -0.05) is 17.8 Å². The van der Waals surface area contributed by atoms with Gasteiger partial charge in [0.1, 0.15) is 28.3 Å². The molecular weight excluding hydrogens is 376 g/mol. The van der Waals surface area contributed by atoms with Crippen LogP contribution in [0.15, 0.2) is 57.6 Å². The summed E-state index contributed by atoms with van der Waals surface area (Å²) in [5, 5.41) is 14.5. The number of halogens is 2. The molecule has 0 atom stereocenters. The summed E-state index contributed by atoms with van der Waals surface area (Å²) in [5.41, 5.74) is 0.0987. The van der Waals surface area contributed by atoms with E-state index in [0.717, 1.165) is 23.9 Å². The minimum absolute atomic E-state index is 0.138. The molecule has 1 aromatic heterocycles. The summed E-state index contributed by atoms with van der Waals surface area (Å²) in [7, 11) is 0. The molecular formula is C18H11F2N3OS2. The van der Waals surface area contributed by atoms with Crippen molar-refractivity contribution < 1.29 is 13.6 Å². The largest absolute Gasteiger partial charge is 0.348 e. The first kappa shape index (κ1) is 18.2. The maximum Gasteiger partial charge on any atom is 0.208 e. The molecule has 2 aromatic rings. The summed E-state index contributed by atoms with van der Waals surface area (Å²) in [6.45, 7) is 0. The number of benzene rings is 1. The van der Waals surface area contributed by atoms with Crippen LogP contribution in [0.25, 0.3) is 5.70 Å². The van der Waals surface area contributed by atoms with Crippen molar-refractivity contribution in [1.82, 2.24) is 10.3 Å². The molecule has 26 heavy (non-hydrogen) atoms. The standard InChI is InChI=1S/C18H11F2N3OS2/c1-25-17-10(4-3-7-22-17)16(24)11(8-21)18-23-14(9-26-18)15-12(19)5-2-6-13(15)20/h2-7,9,23H,1H3. The number of ketones is 1. The van der Waals surface area contributed by atoms with Crippen LogP contribution < -0.4 is 5.32 Å². The minimum atomic E-state index is -0.729. The number of nitrogens with zero attached hydrogens (tertiary/aromatic N) is 2. The number of aromatic nitrogens is 1. The van der Waals surface area contributed by atoms with Gasteiger partial charge in [0.25, 0.3) is 0 Å². The molecule has 2 heterocycles. The van der Waals surface area contributed by atoms with Gasteiger partial charge in [-0.15, -0.1) is 11.8 Å². The highest BCUT2D eigenvalue weighted by atomic mass is 32.2. The number of thioether (sulfide) groups is 2. The average Bonchev–Trinajstić information content (AvgIpc) is 3.11. The number of nitriles is 1. The zero-order valence-corrected chi connectivity index (χ0v) is 15.0. The Labute approximate surface area is 157 Å². The van der Waals surface area contributed by atoms with Crippen molar-refractivity contribution >= 4 is 35.0 Å². The molecule has 1 aromatic carbocycles. The van der Waals surface area contributed by atoms with E-state index in [9.17, 15) is 18.8 Å². The Balaban J connectivity index is 1.96. The Morgan fingerprint density at radius 3 is 2.65 bits per heavy atom. The van der Waals surface area contributed by atoms with Gasteiger partial charge in [0, 0.05) is 11.6 Å². The lowest BCUT2D eigenvalue weighted by atomic mass is 10.1. The fourth-order valence-corrected chi connectivity index (χ4v) is 3.75. The van der Waals surface area contributed by atoms with E-state index in [0.29, 0.717) is 10.6 Å². The molecule has 0 bridgehead atoms. The zero-order valence-electron chi connectivity index (χ0n) is 13.4. The number of Topliss-reactive ketones (excluding diaryl/α,β-unsaturated/α-hetero) is 1. The molecule has 8 heteroatoms. The van der Waals surface area contributed by atoms with Crippen molar-refractivity contribution in [1.29, 1.82) is 5.26 Å². The van der Waals surface area contributed by atoms with Crippen molar-refractivity contribution in [2.24, 2.45) is 0 Å². The van der Waals surface area contributed by atoms with Crippen molar-refractivity contribution in [3.63, 3.8) is 0 Å². The number of carbonyl (C=O) groups is 1. The van der Waals surface area contributed by atoms with Crippen LogP contribution in [0.2, 0.25) is 0 Å². The topological polar surface area (TPSA) is 65.8 Å². The van der Waals surface area contributed by atoms with Gasteiger partial charge in [-0.2, -0.15) is 5.26 Å². The predicted molar refractivity (Wildman–Crippen MR) is 98.0 cm³/mol. The molecule has 0 radical (unpaired) electrons. The first-order valence-corrected chi connectivity index (χ1v) is 9.43. The van der Waals surface area contributed by atoms with E-state index in [1.807, 2.05) is 6.07 Å². The van der Waals surface area contributed by atoms with Gasteiger partial charge in [0.15, 0.2) is 0 Å². The third kappa shape index (κ3) is 3.36. The van der Waals surface area contributed by atoms with Gasteiger partial charge in [-0.25, -0.2) is 13.8 Å². The van der Waals surface area contributed by atoms with E-state index in [1.54, 1.807) is 24.6 Å². The van der Waals surface area contributed by atoms with Crippen molar-refractivity contribution in [2.45, 2.75) is 5.03 Å². The Morgan fingerprint density at radius 1 is 1.27 bits per heavy atom. The SMILES string of the molecule is CSc1ncccc1C(=O)C(C#N)=C1NC(c2c(F)cccc2F)=CS1. The molecule has 0 spiro atoms. The summed E-state index contributed by atoms with van der Waals surface area (Å²) < 4.78 is 27.9. The lowest BCUT2D eigenvalue weighted by Crippen LogP contribution is -2.14. The minimum Gasteiger partial charge on any atom is -0.348 e. The molecule has 3 rings (SSSR count). The Morgan fingerprint density at radius 2 is 2.00 bits per heavy atom. The smallest absolute Gasteiger partial charge is 0.208 e. The van der Waals surface area contributed by atoms with Crippen LogP contribution in [0.1, 0.15) is 15.9 Å². The number of hydrogen-bond donors (Lipinski definition) is 1. The second-order valence-electron chi connectivity index (χ2n) is 5.08. The summed E-state index contributed by atoms with van der Waals surface area (Å²) in [6, 6.07) is 8.64. The second kappa shape index (κ2) is 7.72. The number of carbonyl (C=O) groups excluding carboxylic acids is 1. The van der Waals surface area contributed by atoms with Gasteiger partial charge in [-0.05, 0) is 30.5 Å². The molecule has 0 saturated carbocycles. The third-order valence-electron chi connectivity index (χ3n) is 3.55. The van der Waals surface area contributed by atoms with Crippen molar-refractivity contribution in [3.05, 3.63) is 75.3 Å². The van der Waals surface area contributed by atoms with E-state index in [4.69, 9.17) is 0 Å². The van der Waals surface area contributed by atoms with Crippen LogP contribution in [-0.4, -0.2) is 17.0 Å². The van der Waals surface area contributed by atoms with Gasteiger partial charge < -0.3 is 5.32 Å². The quantitative estimate of drug-likeness (QED) is 0.364. The van der Waals surface area contributed by atoms with E-state index >= 15 is 0 Å². The number of allylic oxidation sites excluding steroid dienone is 1. The Hall–Kier alpha value is -2.63. The van der Waals surface area contributed by atoms with Gasteiger partial charge >= 0.3 is 0 Å². The third-order valence-corrected chi connectivity index (χ3v) is 5.16. The molecule has 0 fully saturated rings. The normalized spacial score (nSPS) is 15.1. The molecule has 0 amide bonds. The highest BCUT2D eigenvalue weighted by molar-refractivity contribution is 8.06. The van der Waals surface area contributed by atoms with Crippen molar-refractivity contribution in [3.8, 4) is 6.07 Å². The second-order valence-corrected chi connectivity index (χ2v) is 6.75.